The Morgan fingerprint density at radius 1 is 0.808 bits per heavy atom. The molecule has 7 unspecified atom stereocenters. The normalized spacial score (nSPS) is 20.2. The van der Waals surface area contributed by atoms with Crippen LogP contribution >= 0.6 is 0 Å². The summed E-state index contributed by atoms with van der Waals surface area (Å²) in [7, 11) is -5.12. The van der Waals surface area contributed by atoms with Gasteiger partial charge in [0.1, 0.15) is 5.75 Å². The molecular weight excluding hydrogens is 409 g/mol. The van der Waals surface area contributed by atoms with Crippen molar-refractivity contribution in [2.24, 2.45) is 5.73 Å². The third kappa shape index (κ3) is 10.2. The summed E-state index contributed by atoms with van der Waals surface area (Å²) in [5.41, 5.74) is 4.91. The minimum atomic E-state index is -5.12. The van der Waals surface area contributed by atoms with Crippen LogP contribution in [0.15, 0.2) is 12.7 Å². The molecule has 0 aromatic carbocycles. The Morgan fingerprint density at radius 3 is 1.38 bits per heavy atom. The summed E-state index contributed by atoms with van der Waals surface area (Å²) in [6.45, 7) is 3.94. The number of hydrogen-bond acceptors (Lipinski definition) is 3. The molecule has 26 heavy (non-hydrogen) atoms. The van der Waals surface area contributed by atoms with Crippen molar-refractivity contribution in [2.75, 3.05) is 12.3 Å². The van der Waals surface area contributed by atoms with Gasteiger partial charge in [-0.25, -0.2) is 39.5 Å². The van der Waals surface area contributed by atoms with Crippen LogP contribution in [0.2, 0.25) is 0 Å². The molecule has 0 aliphatic carbocycles. The molecule has 0 saturated heterocycles. The van der Waals surface area contributed by atoms with Crippen LogP contribution in [0.4, 0.5) is 39.5 Å². The molecule has 0 heterocycles. The zero-order valence-electron chi connectivity index (χ0n) is 13.0. The Bertz CT molecular complexity index is 496. The fourth-order valence-corrected chi connectivity index (χ4v) is 1.92. The Labute approximate surface area is 144 Å². The molecule has 0 amide bonds. The van der Waals surface area contributed by atoms with E-state index in [4.69, 9.17) is 10.3 Å². The minimum absolute atomic E-state index is 0.583. The van der Waals surface area contributed by atoms with Crippen LogP contribution < -0.4 is 5.73 Å². The molecule has 0 fully saturated rings. The van der Waals surface area contributed by atoms with Gasteiger partial charge in [0.15, 0.2) is 43.2 Å². The molecule has 158 valence electrons. The van der Waals surface area contributed by atoms with Crippen LogP contribution in [0.3, 0.4) is 0 Å². The first-order valence-corrected chi connectivity index (χ1v) is 8.34. The molecule has 3 N–H and O–H groups in total. The minimum Gasteiger partial charge on any atom is -0.327 e. The van der Waals surface area contributed by atoms with Crippen molar-refractivity contribution in [3.05, 3.63) is 12.7 Å². The van der Waals surface area contributed by atoms with E-state index in [9.17, 15) is 47.9 Å². The van der Waals surface area contributed by atoms with Gasteiger partial charge < -0.3 is 5.73 Å². The molecule has 0 bridgehead atoms. The summed E-state index contributed by atoms with van der Waals surface area (Å²) in [4.78, 5) is 0. The number of hydrogen-bond donors (Lipinski definition) is 2. The molecule has 0 radical (unpaired) electrons. The van der Waals surface area contributed by atoms with Crippen molar-refractivity contribution in [3.63, 3.8) is 0 Å². The van der Waals surface area contributed by atoms with Gasteiger partial charge in [-0.1, -0.05) is 6.08 Å². The summed E-state index contributed by atoms with van der Waals surface area (Å²) in [5, 5.41) is 0. The summed E-state index contributed by atoms with van der Waals surface area (Å²) < 4.78 is 143. The zero-order valence-corrected chi connectivity index (χ0v) is 13.8. The molecule has 0 aliphatic heterocycles. The lowest BCUT2D eigenvalue weighted by Crippen LogP contribution is -2.47. The first-order valence-electron chi connectivity index (χ1n) is 6.73. The molecule has 14 heteroatoms. The highest BCUT2D eigenvalue weighted by molar-refractivity contribution is 7.85. The second kappa shape index (κ2) is 12.4. The number of alkyl halides is 9. The lowest BCUT2D eigenvalue weighted by atomic mass is 10.00. The van der Waals surface area contributed by atoms with E-state index in [-0.39, 0.29) is 0 Å². The lowest BCUT2D eigenvalue weighted by molar-refractivity contribution is -0.0641. The van der Waals surface area contributed by atoms with Gasteiger partial charge in [-0.2, -0.15) is 8.42 Å². The molecule has 0 aliphatic rings. The van der Waals surface area contributed by atoms with Crippen LogP contribution in [0, 0.1) is 0 Å². The average molecular weight is 427 g/mol. The van der Waals surface area contributed by atoms with Gasteiger partial charge in [0.25, 0.3) is 16.5 Å². The van der Waals surface area contributed by atoms with Gasteiger partial charge in [-0.05, 0) is 0 Å². The van der Waals surface area contributed by atoms with Crippen LogP contribution in [-0.2, 0) is 10.1 Å². The maximum absolute atomic E-state index is 13.1. The predicted octanol–water partition coefficient (Wildman–Crippen LogP) is 2.64. The van der Waals surface area contributed by atoms with Gasteiger partial charge in [0, 0.05) is 6.54 Å². The number of rotatable bonds is 10. The molecule has 0 saturated carbocycles. The fraction of sp³-hybridized carbons (Fsp3) is 0.833. The van der Waals surface area contributed by atoms with E-state index >= 15 is 0 Å². The maximum Gasteiger partial charge on any atom is 0.272 e. The van der Waals surface area contributed by atoms with Gasteiger partial charge in [0.05, 0.1) is 0 Å². The van der Waals surface area contributed by atoms with E-state index in [1.807, 2.05) is 0 Å². The Morgan fingerprint density at radius 2 is 1.12 bits per heavy atom. The first kappa shape index (κ1) is 27.2. The van der Waals surface area contributed by atoms with E-state index in [1.165, 1.54) is 0 Å². The van der Waals surface area contributed by atoms with Crippen molar-refractivity contribution < 1.29 is 52.5 Å². The van der Waals surface area contributed by atoms with Crippen LogP contribution in [0.1, 0.15) is 0 Å². The molecule has 0 rings (SSSR count). The lowest BCUT2D eigenvalue weighted by Gasteiger charge is -2.24. The average Bonchev–Trinajstić information content (AvgIpc) is 2.56. The molecule has 7 atom stereocenters. The third-order valence-electron chi connectivity index (χ3n) is 2.64. The van der Waals surface area contributed by atoms with Crippen molar-refractivity contribution in [1.29, 1.82) is 0 Å². The zero-order chi connectivity index (χ0) is 21.2. The summed E-state index contributed by atoms with van der Waals surface area (Å²) >= 11 is 0. The maximum atomic E-state index is 13.1. The van der Waals surface area contributed by atoms with Crippen molar-refractivity contribution in [1.82, 2.24) is 0 Å². The largest absolute Gasteiger partial charge is 0.327 e. The summed E-state index contributed by atoms with van der Waals surface area (Å²) in [5.74, 6) is -2.00. The predicted molar refractivity (Wildman–Crippen MR) is 75.9 cm³/mol. The van der Waals surface area contributed by atoms with E-state index in [2.05, 4.69) is 6.58 Å². The van der Waals surface area contributed by atoms with E-state index < -0.39 is 65.5 Å². The van der Waals surface area contributed by atoms with Crippen LogP contribution in [0.25, 0.3) is 0 Å². The number of nitrogens with two attached hydrogens (primary N) is 1. The first-order chi connectivity index (χ1) is 11.7. The second-order valence-electron chi connectivity index (χ2n) is 4.79. The molecule has 0 aromatic heterocycles. The highest BCUT2D eigenvalue weighted by Crippen LogP contribution is 2.27. The molecule has 0 aromatic rings. The van der Waals surface area contributed by atoms with Gasteiger partial charge >= 0.3 is 0 Å². The molecule has 4 nitrogen and oxygen atoms in total. The Balaban J connectivity index is 0. The second-order valence-corrected chi connectivity index (χ2v) is 6.29. The SMILES string of the molecule is C=CCN.O=S(=O)(O)CC(F)C(F)C(F)C(F)C(F)C(F)C(F)C(F)F. The number of halogens is 9. The quantitative estimate of drug-likeness (QED) is 0.319. The van der Waals surface area contributed by atoms with E-state index in [0.717, 1.165) is 0 Å². The van der Waals surface area contributed by atoms with Crippen molar-refractivity contribution >= 4 is 10.1 Å². The third-order valence-corrected chi connectivity index (χ3v) is 3.38. The van der Waals surface area contributed by atoms with Gasteiger partial charge in [-0.15, -0.1) is 6.58 Å². The van der Waals surface area contributed by atoms with Crippen molar-refractivity contribution in [3.8, 4) is 0 Å². The highest BCUT2D eigenvalue weighted by atomic mass is 32.2. The fourth-order valence-electron chi connectivity index (χ4n) is 1.33. The van der Waals surface area contributed by atoms with Gasteiger partial charge in [0.2, 0.25) is 0 Å². The summed E-state index contributed by atoms with van der Waals surface area (Å²) in [6, 6.07) is 0. The Kier molecular flexibility index (Phi) is 13.0. The highest BCUT2D eigenvalue weighted by Gasteiger charge is 2.47. The van der Waals surface area contributed by atoms with Crippen LogP contribution in [-0.4, -0.2) is 74.9 Å². The topological polar surface area (TPSA) is 80.4 Å². The molecular formula is C12H18F9NO3S. The van der Waals surface area contributed by atoms with Crippen molar-refractivity contribution in [2.45, 2.75) is 49.6 Å². The molecule has 0 spiro atoms. The smallest absolute Gasteiger partial charge is 0.272 e. The summed E-state index contributed by atoms with van der Waals surface area (Å²) in [6.07, 6.45) is -28.6. The van der Waals surface area contributed by atoms with Gasteiger partial charge in [-0.3, -0.25) is 4.55 Å². The monoisotopic (exact) mass is 427 g/mol. The standard InChI is InChI=1S/C9H11F9O3S.C3H7N/c10-2(1-22(19,20)21)3(11)4(12)5(13)6(14)7(15)8(16)9(17)18;1-2-3-4/h2-9H,1H2,(H,19,20,21);2H,1,3-4H2. The van der Waals surface area contributed by atoms with Crippen LogP contribution in [0.5, 0.6) is 0 Å². The Hall–Kier alpha value is -1.02. The van der Waals surface area contributed by atoms with E-state index in [1.54, 1.807) is 6.08 Å². The van der Waals surface area contributed by atoms with E-state index in [0.29, 0.717) is 6.54 Å².